The average molecular weight is 727 g/mol. The molecular formula is C53H34N4. The number of aromatic nitrogens is 3. The number of rotatable bonds is 6. The van der Waals surface area contributed by atoms with Crippen molar-refractivity contribution >= 4 is 38.6 Å². The van der Waals surface area contributed by atoms with Crippen molar-refractivity contribution in [2.45, 2.75) is 0 Å². The van der Waals surface area contributed by atoms with Crippen molar-refractivity contribution in [3.63, 3.8) is 0 Å². The van der Waals surface area contributed by atoms with Gasteiger partial charge in [-0.3, -0.25) is 0 Å². The third kappa shape index (κ3) is 5.66. The molecule has 2 heterocycles. The van der Waals surface area contributed by atoms with Crippen molar-refractivity contribution in [1.29, 1.82) is 0 Å². The Morgan fingerprint density at radius 1 is 0.316 bits per heavy atom. The smallest absolute Gasteiger partial charge is 0.164 e. The summed E-state index contributed by atoms with van der Waals surface area (Å²) in [6, 6.07) is 73.0. The van der Waals surface area contributed by atoms with Gasteiger partial charge in [-0.2, -0.15) is 0 Å². The van der Waals surface area contributed by atoms with Gasteiger partial charge in [0.1, 0.15) is 0 Å². The van der Waals surface area contributed by atoms with E-state index in [1.54, 1.807) is 0 Å². The Labute approximate surface area is 331 Å². The zero-order valence-electron chi connectivity index (χ0n) is 30.9. The van der Waals surface area contributed by atoms with E-state index < -0.39 is 0 Å². The first-order valence-electron chi connectivity index (χ1n) is 19.3. The zero-order chi connectivity index (χ0) is 37.7. The number of anilines is 3. The van der Waals surface area contributed by atoms with Crippen molar-refractivity contribution in [2.24, 2.45) is 0 Å². The van der Waals surface area contributed by atoms with Crippen LogP contribution in [-0.2, 0) is 0 Å². The topological polar surface area (TPSA) is 41.9 Å². The van der Waals surface area contributed by atoms with Gasteiger partial charge >= 0.3 is 0 Å². The van der Waals surface area contributed by atoms with Crippen LogP contribution < -0.4 is 4.90 Å². The first-order chi connectivity index (χ1) is 28.3. The van der Waals surface area contributed by atoms with Crippen LogP contribution >= 0.6 is 0 Å². The number of benzene rings is 9. The molecule has 0 unspecified atom stereocenters. The molecule has 11 rings (SSSR count). The molecule has 4 heteroatoms. The van der Waals surface area contributed by atoms with Crippen LogP contribution in [0.25, 0.3) is 89.1 Å². The third-order valence-electron chi connectivity index (χ3n) is 11.0. The largest absolute Gasteiger partial charge is 0.309 e. The van der Waals surface area contributed by atoms with Crippen LogP contribution in [0.3, 0.4) is 0 Å². The Morgan fingerprint density at radius 2 is 0.895 bits per heavy atom. The summed E-state index contributed by atoms with van der Waals surface area (Å²) in [5.74, 6) is 1.91. The first kappa shape index (κ1) is 32.7. The minimum Gasteiger partial charge on any atom is -0.309 e. The van der Waals surface area contributed by atoms with Crippen LogP contribution in [-0.4, -0.2) is 15.0 Å². The van der Waals surface area contributed by atoms with Crippen molar-refractivity contribution in [3.05, 3.63) is 206 Å². The molecule has 9 aromatic carbocycles. The van der Waals surface area contributed by atoms with Gasteiger partial charge in [-0.1, -0.05) is 170 Å². The van der Waals surface area contributed by atoms with Crippen LogP contribution in [0.1, 0.15) is 0 Å². The van der Waals surface area contributed by atoms with Gasteiger partial charge in [0.25, 0.3) is 0 Å². The minimum atomic E-state index is 0.629. The molecule has 1 aromatic heterocycles. The molecule has 4 nitrogen and oxygen atoms in total. The second-order valence-corrected chi connectivity index (χ2v) is 14.4. The number of para-hydroxylation sites is 1. The highest BCUT2D eigenvalue weighted by Crippen LogP contribution is 2.55. The number of nitrogens with zero attached hydrogens (tertiary/aromatic N) is 4. The van der Waals surface area contributed by atoms with Gasteiger partial charge in [-0.15, -0.1) is 0 Å². The summed E-state index contributed by atoms with van der Waals surface area (Å²) in [5.41, 5.74) is 13.3. The Morgan fingerprint density at radius 3 is 1.67 bits per heavy atom. The molecular weight excluding hydrogens is 693 g/mol. The average Bonchev–Trinajstić information content (AvgIpc) is 3.29. The molecule has 0 spiro atoms. The van der Waals surface area contributed by atoms with E-state index in [1.165, 1.54) is 44.1 Å². The van der Waals surface area contributed by atoms with Crippen LogP contribution in [0, 0.1) is 0 Å². The first-order valence-corrected chi connectivity index (χ1v) is 19.3. The fraction of sp³-hybridized carbons (Fsp3) is 0. The van der Waals surface area contributed by atoms with E-state index in [2.05, 4.69) is 193 Å². The van der Waals surface area contributed by atoms with Crippen molar-refractivity contribution < 1.29 is 0 Å². The van der Waals surface area contributed by atoms with Gasteiger partial charge in [0.2, 0.25) is 0 Å². The normalized spacial score (nSPS) is 11.8. The van der Waals surface area contributed by atoms with Crippen LogP contribution in [0.15, 0.2) is 206 Å². The lowest BCUT2D eigenvalue weighted by molar-refractivity contribution is 1.07. The van der Waals surface area contributed by atoms with E-state index in [4.69, 9.17) is 15.0 Å². The fourth-order valence-corrected chi connectivity index (χ4v) is 8.39. The lowest BCUT2D eigenvalue weighted by Crippen LogP contribution is -2.15. The molecule has 0 atom stereocenters. The molecule has 1 aliphatic heterocycles. The SMILES string of the molecule is c1ccc(-c2nc(-c3cccc(-c4cccc5c4-c4cccc6c(-c7ccccc7)ccc(c46)N5c4ccccc4)c3)nc(-c3ccc4ccccc4c3)n2)cc1. The van der Waals surface area contributed by atoms with Gasteiger partial charge in [0.05, 0.1) is 11.4 Å². The maximum absolute atomic E-state index is 5.15. The number of fused-ring (bicyclic) bond motifs is 3. The van der Waals surface area contributed by atoms with Crippen molar-refractivity contribution in [1.82, 2.24) is 15.0 Å². The Bertz CT molecular complexity index is 3120. The van der Waals surface area contributed by atoms with E-state index in [0.29, 0.717) is 17.5 Å². The second kappa shape index (κ2) is 13.6. The lowest BCUT2D eigenvalue weighted by Gasteiger charge is -2.35. The molecule has 0 bridgehead atoms. The van der Waals surface area contributed by atoms with Crippen molar-refractivity contribution in [2.75, 3.05) is 4.90 Å². The summed E-state index contributed by atoms with van der Waals surface area (Å²) in [5, 5.41) is 4.79. The molecule has 266 valence electrons. The molecule has 0 radical (unpaired) electrons. The van der Waals surface area contributed by atoms with Crippen LogP contribution in [0.2, 0.25) is 0 Å². The van der Waals surface area contributed by atoms with Crippen LogP contribution in [0.4, 0.5) is 17.1 Å². The molecule has 0 amide bonds. The highest BCUT2D eigenvalue weighted by atomic mass is 15.2. The Kier molecular flexibility index (Phi) is 7.78. The van der Waals surface area contributed by atoms with Gasteiger partial charge in [-0.25, -0.2) is 15.0 Å². The maximum atomic E-state index is 5.15. The van der Waals surface area contributed by atoms with Gasteiger partial charge in [-0.05, 0) is 80.4 Å². The Balaban J connectivity index is 1.11. The molecule has 10 aromatic rings. The maximum Gasteiger partial charge on any atom is 0.164 e. The summed E-state index contributed by atoms with van der Waals surface area (Å²) in [6.07, 6.45) is 0. The molecule has 0 fully saturated rings. The van der Waals surface area contributed by atoms with Crippen LogP contribution in [0.5, 0.6) is 0 Å². The molecule has 1 aliphatic rings. The molecule has 0 saturated heterocycles. The zero-order valence-corrected chi connectivity index (χ0v) is 30.9. The highest BCUT2D eigenvalue weighted by Gasteiger charge is 2.29. The Hall–Kier alpha value is -7.69. The monoisotopic (exact) mass is 726 g/mol. The third-order valence-corrected chi connectivity index (χ3v) is 11.0. The van der Waals surface area contributed by atoms with E-state index in [-0.39, 0.29) is 0 Å². The predicted octanol–water partition coefficient (Wildman–Crippen LogP) is 14.0. The molecule has 0 N–H and O–H groups in total. The summed E-state index contributed by atoms with van der Waals surface area (Å²) in [7, 11) is 0. The van der Waals surface area contributed by atoms with Gasteiger partial charge < -0.3 is 4.90 Å². The van der Waals surface area contributed by atoms with Gasteiger partial charge in [0.15, 0.2) is 17.5 Å². The van der Waals surface area contributed by atoms with Crippen molar-refractivity contribution in [3.8, 4) is 67.5 Å². The fourth-order valence-electron chi connectivity index (χ4n) is 8.39. The van der Waals surface area contributed by atoms with E-state index in [1.807, 2.05) is 18.2 Å². The van der Waals surface area contributed by atoms with E-state index in [9.17, 15) is 0 Å². The predicted molar refractivity (Wildman–Crippen MR) is 236 cm³/mol. The summed E-state index contributed by atoms with van der Waals surface area (Å²) >= 11 is 0. The van der Waals surface area contributed by atoms with E-state index >= 15 is 0 Å². The second-order valence-electron chi connectivity index (χ2n) is 14.4. The quantitative estimate of drug-likeness (QED) is 0.171. The number of hydrogen-bond donors (Lipinski definition) is 0. The highest BCUT2D eigenvalue weighted by molar-refractivity contribution is 6.19. The number of hydrogen-bond acceptors (Lipinski definition) is 4. The molecule has 57 heavy (non-hydrogen) atoms. The molecule has 0 saturated carbocycles. The lowest BCUT2D eigenvalue weighted by atomic mass is 9.84. The van der Waals surface area contributed by atoms with E-state index in [0.717, 1.165) is 44.6 Å². The summed E-state index contributed by atoms with van der Waals surface area (Å²) in [6.45, 7) is 0. The molecule has 0 aliphatic carbocycles. The summed E-state index contributed by atoms with van der Waals surface area (Å²) in [4.78, 5) is 17.7. The minimum absolute atomic E-state index is 0.629. The van der Waals surface area contributed by atoms with Gasteiger partial charge in [0, 0.05) is 33.3 Å². The standard InChI is InChI=1S/C53H34N4/c1-4-16-36(17-5-1)43-31-32-48-50-45(43)26-13-27-46(50)49-44(25-14-28-47(49)57(48)42-23-8-3-9-24-42)39-21-12-22-40(34-39)52-54-51(37-18-6-2-7-19-37)55-53(56-52)41-30-29-35-15-10-11-20-38(35)33-41/h1-34H. The summed E-state index contributed by atoms with van der Waals surface area (Å²) < 4.78 is 0.